The van der Waals surface area contributed by atoms with E-state index in [9.17, 15) is 14.4 Å². The number of piperidine rings is 1. The number of likely N-dealkylation sites (tertiary alicyclic amines) is 2. The van der Waals surface area contributed by atoms with Gasteiger partial charge < -0.3 is 4.90 Å². The summed E-state index contributed by atoms with van der Waals surface area (Å²) in [6.07, 6.45) is 3.62. The smallest absolute Gasteiger partial charge is 0.245 e. The molecule has 2 bridgehead atoms. The van der Waals surface area contributed by atoms with Crippen molar-refractivity contribution in [3.63, 3.8) is 0 Å². The fraction of sp³-hybridized carbons (Fsp3) is 0.483. The highest BCUT2D eigenvalue weighted by atomic mass is 16.2. The first-order valence-corrected chi connectivity index (χ1v) is 12.8. The lowest BCUT2D eigenvalue weighted by Gasteiger charge is -2.45. The highest BCUT2D eigenvalue weighted by molar-refractivity contribution is 6.10. The van der Waals surface area contributed by atoms with E-state index in [4.69, 9.17) is 0 Å². The predicted octanol–water partition coefficient (Wildman–Crippen LogP) is 4.31. The molecule has 34 heavy (non-hydrogen) atoms. The normalized spacial score (nSPS) is 28.1. The second kappa shape index (κ2) is 8.07. The highest BCUT2D eigenvalue weighted by Crippen LogP contribution is 2.61. The van der Waals surface area contributed by atoms with Crippen LogP contribution in [0.1, 0.15) is 73.6 Å². The van der Waals surface area contributed by atoms with E-state index in [1.54, 1.807) is 0 Å². The molecule has 3 atom stereocenters. The number of carbonyl (C=O) groups is 3. The van der Waals surface area contributed by atoms with E-state index in [0.29, 0.717) is 6.42 Å². The molecule has 0 N–H and O–H groups in total. The molecule has 0 spiro atoms. The van der Waals surface area contributed by atoms with Gasteiger partial charge in [-0.05, 0) is 53.9 Å². The zero-order valence-corrected chi connectivity index (χ0v) is 19.9. The molecular formula is C29H32N2O3. The van der Waals surface area contributed by atoms with Crippen molar-refractivity contribution < 1.29 is 14.4 Å². The molecule has 5 aliphatic rings. The van der Waals surface area contributed by atoms with E-state index in [-0.39, 0.29) is 35.5 Å². The molecule has 2 aliphatic heterocycles. The number of imide groups is 1. The minimum Gasteiger partial charge on any atom is -0.341 e. The third kappa shape index (κ3) is 3.02. The first kappa shape index (κ1) is 21.6. The molecule has 176 valence electrons. The fourth-order valence-electron chi connectivity index (χ4n) is 7.10. The van der Waals surface area contributed by atoms with Crippen molar-refractivity contribution in [2.24, 2.45) is 17.8 Å². The Kier molecular flexibility index (Phi) is 5.12. The Labute approximate surface area is 201 Å². The van der Waals surface area contributed by atoms with Gasteiger partial charge in [-0.1, -0.05) is 62.4 Å². The van der Waals surface area contributed by atoms with E-state index in [1.165, 1.54) is 27.2 Å². The van der Waals surface area contributed by atoms with Crippen LogP contribution < -0.4 is 0 Å². The molecule has 2 heterocycles. The van der Waals surface area contributed by atoms with Gasteiger partial charge in [0.2, 0.25) is 17.7 Å². The summed E-state index contributed by atoms with van der Waals surface area (Å²) in [5.41, 5.74) is 4.66. The molecule has 3 aliphatic carbocycles. The van der Waals surface area contributed by atoms with Gasteiger partial charge in [-0.15, -0.1) is 0 Å². The molecule has 3 amide bonds. The highest BCUT2D eigenvalue weighted by Gasteiger charge is 2.63. The van der Waals surface area contributed by atoms with Crippen LogP contribution in [0.15, 0.2) is 48.5 Å². The van der Waals surface area contributed by atoms with Crippen molar-refractivity contribution in [3.8, 4) is 0 Å². The fourth-order valence-corrected chi connectivity index (χ4v) is 7.10. The van der Waals surface area contributed by atoms with Gasteiger partial charge in [-0.3, -0.25) is 19.3 Å². The average Bonchev–Trinajstić information content (AvgIpc) is 3.13. The monoisotopic (exact) mass is 456 g/mol. The van der Waals surface area contributed by atoms with Gasteiger partial charge in [0.05, 0.1) is 11.8 Å². The maximum absolute atomic E-state index is 14.1. The predicted molar refractivity (Wildman–Crippen MR) is 129 cm³/mol. The second-order valence-corrected chi connectivity index (χ2v) is 10.8. The molecule has 2 aromatic carbocycles. The Morgan fingerprint density at radius 2 is 1.24 bits per heavy atom. The number of nitrogens with zero attached hydrogens (tertiary/aromatic N) is 2. The van der Waals surface area contributed by atoms with Gasteiger partial charge in [0.15, 0.2) is 0 Å². The Morgan fingerprint density at radius 3 is 1.65 bits per heavy atom. The van der Waals surface area contributed by atoms with Crippen LogP contribution in [0.4, 0.5) is 0 Å². The summed E-state index contributed by atoms with van der Waals surface area (Å²) in [5.74, 6) is -1.25. The van der Waals surface area contributed by atoms with Gasteiger partial charge in [-0.25, -0.2) is 0 Å². The summed E-state index contributed by atoms with van der Waals surface area (Å²) in [7, 11) is 0. The van der Waals surface area contributed by atoms with E-state index in [0.717, 1.165) is 32.4 Å². The van der Waals surface area contributed by atoms with Crippen molar-refractivity contribution in [2.45, 2.75) is 57.4 Å². The quantitative estimate of drug-likeness (QED) is 0.645. The molecule has 3 unspecified atom stereocenters. The molecule has 7 rings (SSSR count). The number of hydrogen-bond acceptors (Lipinski definition) is 3. The van der Waals surface area contributed by atoms with Crippen LogP contribution in [0.2, 0.25) is 0 Å². The van der Waals surface area contributed by atoms with Crippen molar-refractivity contribution in [3.05, 3.63) is 70.8 Å². The van der Waals surface area contributed by atoms with Crippen LogP contribution in [0.3, 0.4) is 0 Å². The number of benzene rings is 2. The topological polar surface area (TPSA) is 57.7 Å². The summed E-state index contributed by atoms with van der Waals surface area (Å²) < 4.78 is 0. The molecule has 5 heteroatoms. The lowest BCUT2D eigenvalue weighted by Crippen LogP contribution is -2.53. The lowest BCUT2D eigenvalue weighted by molar-refractivity contribution is -0.152. The standard InChI is InChI=1S/C29H32N2O3/c1-17(2)16-22(27(32)30-14-8-3-9-15-30)31-28(33)25-23-18-10-4-5-11-19(18)24(26(25)29(31)34)21-13-7-6-12-20(21)23/h4-7,10-13,17,22-26H,3,8-9,14-16H2,1-2H3. The number of rotatable bonds is 4. The number of carbonyl (C=O) groups excluding carboxylic acids is 3. The van der Waals surface area contributed by atoms with Crippen molar-refractivity contribution in [1.82, 2.24) is 9.80 Å². The Hall–Kier alpha value is -2.95. The van der Waals surface area contributed by atoms with Crippen LogP contribution in [-0.2, 0) is 14.4 Å². The van der Waals surface area contributed by atoms with Crippen molar-refractivity contribution >= 4 is 17.7 Å². The molecule has 0 saturated carbocycles. The van der Waals surface area contributed by atoms with Crippen molar-refractivity contribution in [2.75, 3.05) is 13.1 Å². The summed E-state index contributed by atoms with van der Waals surface area (Å²) in [6, 6.07) is 15.9. The Morgan fingerprint density at radius 1 is 0.794 bits per heavy atom. The summed E-state index contributed by atoms with van der Waals surface area (Å²) >= 11 is 0. The first-order chi connectivity index (χ1) is 16.5. The Balaban J connectivity index is 1.44. The summed E-state index contributed by atoms with van der Waals surface area (Å²) in [6.45, 7) is 5.56. The van der Waals surface area contributed by atoms with Crippen LogP contribution in [0.5, 0.6) is 0 Å². The van der Waals surface area contributed by atoms with Gasteiger partial charge in [0, 0.05) is 24.9 Å². The molecular weight excluding hydrogens is 424 g/mol. The molecule has 0 aromatic heterocycles. The molecule has 2 fully saturated rings. The number of hydrogen-bond donors (Lipinski definition) is 0. The average molecular weight is 457 g/mol. The summed E-state index contributed by atoms with van der Waals surface area (Å²) in [4.78, 5) is 45.2. The largest absolute Gasteiger partial charge is 0.341 e. The van der Waals surface area contributed by atoms with E-state index in [2.05, 4.69) is 38.1 Å². The minimum atomic E-state index is -0.700. The zero-order valence-electron chi connectivity index (χ0n) is 19.9. The maximum Gasteiger partial charge on any atom is 0.245 e. The molecule has 2 saturated heterocycles. The first-order valence-electron chi connectivity index (χ1n) is 12.8. The van der Waals surface area contributed by atoms with Crippen molar-refractivity contribution in [1.29, 1.82) is 0 Å². The second-order valence-electron chi connectivity index (χ2n) is 10.8. The third-order valence-electron chi connectivity index (χ3n) is 8.44. The molecule has 5 nitrogen and oxygen atoms in total. The van der Waals surface area contributed by atoms with Gasteiger partial charge >= 0.3 is 0 Å². The van der Waals surface area contributed by atoms with Gasteiger partial charge in [0.25, 0.3) is 0 Å². The number of amides is 3. The maximum atomic E-state index is 14.1. The van der Waals surface area contributed by atoms with E-state index in [1.807, 2.05) is 29.2 Å². The SMILES string of the molecule is CC(C)CC(C(=O)N1CCCCC1)N1C(=O)C2C3c4ccccc4C(c4ccccc43)C2C1=O. The Bertz CT molecular complexity index is 1050. The third-order valence-corrected chi connectivity index (χ3v) is 8.44. The van der Waals surface area contributed by atoms with Crippen LogP contribution in [0.25, 0.3) is 0 Å². The van der Waals surface area contributed by atoms with Gasteiger partial charge in [0.1, 0.15) is 6.04 Å². The summed E-state index contributed by atoms with van der Waals surface area (Å²) in [5, 5.41) is 0. The zero-order chi connectivity index (χ0) is 23.6. The van der Waals surface area contributed by atoms with E-state index >= 15 is 0 Å². The molecule has 2 aromatic rings. The minimum absolute atomic E-state index is 0.0453. The van der Waals surface area contributed by atoms with Crippen LogP contribution in [-0.4, -0.2) is 46.7 Å². The van der Waals surface area contributed by atoms with Crippen LogP contribution >= 0.6 is 0 Å². The van der Waals surface area contributed by atoms with Gasteiger partial charge in [-0.2, -0.15) is 0 Å². The van der Waals surface area contributed by atoms with E-state index < -0.39 is 17.9 Å². The van der Waals surface area contributed by atoms with Crippen LogP contribution in [0, 0.1) is 17.8 Å². The molecule has 0 radical (unpaired) electrons. The lowest BCUT2D eigenvalue weighted by atomic mass is 9.55.